The minimum absolute atomic E-state index is 0.173. The van der Waals surface area contributed by atoms with Gasteiger partial charge in [0.25, 0.3) is 0 Å². The van der Waals surface area contributed by atoms with Gasteiger partial charge in [-0.1, -0.05) is 67.7 Å². The van der Waals surface area contributed by atoms with E-state index in [1.54, 1.807) is 11.3 Å². The first-order valence-corrected chi connectivity index (χ1v) is 13.8. The number of nitrogens with zero attached hydrogens (tertiary/aromatic N) is 1. The number of hydrogen-bond donors (Lipinski definition) is 0. The van der Waals surface area contributed by atoms with Crippen molar-refractivity contribution in [2.75, 3.05) is 0 Å². The van der Waals surface area contributed by atoms with Crippen LogP contribution in [-0.2, 0) is 0 Å². The lowest BCUT2D eigenvalue weighted by Gasteiger charge is -2.18. The molecule has 1 aliphatic heterocycles. The third-order valence-corrected chi connectivity index (χ3v) is 11.2. The molecule has 0 unspecified atom stereocenters. The molecule has 0 spiro atoms. The van der Waals surface area contributed by atoms with E-state index in [4.69, 9.17) is 8.22 Å². The Bertz CT molecular complexity index is 1700. The zero-order chi connectivity index (χ0) is 25.6. The van der Waals surface area contributed by atoms with E-state index in [-0.39, 0.29) is 11.1 Å². The second-order valence-electron chi connectivity index (χ2n) is 8.43. The Morgan fingerprint density at radius 1 is 0.800 bits per heavy atom. The molecule has 30 heavy (non-hydrogen) atoms. The Morgan fingerprint density at radius 2 is 1.60 bits per heavy atom. The third-order valence-electron chi connectivity index (χ3n) is 6.39. The first kappa shape index (κ1) is 12.8. The molecule has 0 saturated heterocycles. The van der Waals surface area contributed by atoms with Crippen LogP contribution in [0.15, 0.2) is 66.9 Å². The van der Waals surface area contributed by atoms with Crippen molar-refractivity contribution in [1.29, 1.82) is 0 Å². The van der Waals surface area contributed by atoms with E-state index in [0.717, 1.165) is 15.6 Å². The highest BCUT2D eigenvalue weighted by Crippen LogP contribution is 2.44. The maximum atomic E-state index is 7.96. The summed E-state index contributed by atoms with van der Waals surface area (Å²) in [6.45, 7) is -0.316. The fraction of sp³-hybridized carbons (Fsp3) is 0.148. The summed E-state index contributed by atoms with van der Waals surface area (Å²) in [6.07, 6.45) is 1.21. The van der Waals surface area contributed by atoms with Crippen LogP contribution in [-0.4, -0.2) is 13.1 Å². The van der Waals surface area contributed by atoms with Crippen LogP contribution in [0, 0.1) is 13.7 Å². The lowest BCUT2D eigenvalue weighted by atomic mass is 10.0. The summed E-state index contributed by atoms with van der Waals surface area (Å²) in [4.78, 5) is 4.44. The van der Waals surface area contributed by atoms with E-state index in [1.807, 2.05) is 12.1 Å². The molecule has 0 radical (unpaired) electrons. The highest BCUT2D eigenvalue weighted by molar-refractivity contribution is 7.27. The minimum atomic E-state index is -2.56. The second-order valence-corrected chi connectivity index (χ2v) is 13.8. The molecule has 3 heteroatoms. The van der Waals surface area contributed by atoms with Gasteiger partial charge in [0.1, 0.15) is 8.07 Å². The Hall–Kier alpha value is -2.75. The molecule has 0 N–H and O–H groups in total. The molecule has 3 aromatic carbocycles. The highest BCUT2D eigenvalue weighted by atomic mass is 32.1. The molecule has 0 amide bonds. The SMILES string of the molecule is [2H]C([2H])([2H])c1cnc(-c2cccc3c2sc2c4c(ccc23)[Si](C)(C)c2ccccc2-4)cc1C([2H])([2H])[2H]. The molecule has 5 aromatic rings. The minimum Gasteiger partial charge on any atom is -0.256 e. The second kappa shape index (κ2) is 6.13. The predicted octanol–water partition coefficient (Wildman–Crippen LogP) is 6.54. The van der Waals surface area contributed by atoms with Crippen molar-refractivity contribution in [3.63, 3.8) is 0 Å². The van der Waals surface area contributed by atoms with E-state index in [2.05, 4.69) is 60.5 Å². The molecule has 1 nitrogen and oxygen atoms in total. The number of fused-ring (bicyclic) bond motifs is 7. The number of pyridine rings is 1. The van der Waals surface area contributed by atoms with Gasteiger partial charge in [0.05, 0.1) is 5.69 Å². The summed E-state index contributed by atoms with van der Waals surface area (Å²) in [5.41, 5.74) is 3.52. The summed E-state index contributed by atoms with van der Waals surface area (Å²) in [6, 6.07) is 20.6. The van der Waals surface area contributed by atoms with Crippen molar-refractivity contribution in [1.82, 2.24) is 4.98 Å². The number of aryl methyl sites for hydroxylation is 2. The Balaban J connectivity index is 1.64. The highest BCUT2D eigenvalue weighted by Gasteiger charge is 2.38. The summed E-state index contributed by atoms with van der Waals surface area (Å²) >= 11 is 1.71. The van der Waals surface area contributed by atoms with Crippen molar-refractivity contribution >= 4 is 50.0 Å². The molecular formula is C27H23NSSi. The number of aromatic nitrogens is 1. The molecule has 1 aliphatic rings. The van der Waals surface area contributed by atoms with Gasteiger partial charge >= 0.3 is 0 Å². The van der Waals surface area contributed by atoms with Gasteiger partial charge in [-0.25, -0.2) is 0 Å². The largest absolute Gasteiger partial charge is 0.256 e. The molecule has 3 heterocycles. The zero-order valence-electron chi connectivity index (χ0n) is 22.7. The average molecular weight is 428 g/mol. The quantitative estimate of drug-likeness (QED) is 0.277. The van der Waals surface area contributed by atoms with Crippen molar-refractivity contribution in [3.8, 4) is 22.4 Å². The predicted molar refractivity (Wildman–Crippen MR) is 134 cm³/mol. The molecule has 2 aromatic heterocycles. The van der Waals surface area contributed by atoms with Gasteiger partial charge in [-0.3, -0.25) is 4.98 Å². The van der Waals surface area contributed by atoms with Gasteiger partial charge in [0.2, 0.25) is 0 Å². The number of rotatable bonds is 1. The van der Waals surface area contributed by atoms with Crippen LogP contribution >= 0.6 is 11.3 Å². The van der Waals surface area contributed by atoms with E-state index >= 15 is 0 Å². The lowest BCUT2D eigenvalue weighted by molar-refractivity contribution is 1.22. The normalized spacial score (nSPS) is 18.1. The Morgan fingerprint density at radius 3 is 2.47 bits per heavy atom. The van der Waals surface area contributed by atoms with Crippen molar-refractivity contribution < 1.29 is 8.22 Å². The fourth-order valence-corrected chi connectivity index (χ4v) is 9.39. The van der Waals surface area contributed by atoms with Gasteiger partial charge in [0, 0.05) is 40.2 Å². The van der Waals surface area contributed by atoms with Gasteiger partial charge in [0.15, 0.2) is 0 Å². The van der Waals surface area contributed by atoms with Crippen molar-refractivity contribution in [2.45, 2.75) is 26.8 Å². The number of benzene rings is 3. The van der Waals surface area contributed by atoms with Gasteiger partial charge < -0.3 is 0 Å². The lowest BCUT2D eigenvalue weighted by Crippen LogP contribution is -2.49. The van der Waals surface area contributed by atoms with E-state index in [1.165, 1.54) is 43.8 Å². The van der Waals surface area contributed by atoms with Crippen LogP contribution < -0.4 is 10.4 Å². The number of thiophene rings is 1. The average Bonchev–Trinajstić information content (AvgIpc) is 3.31. The molecule has 6 rings (SSSR count). The molecule has 0 atom stereocenters. The van der Waals surface area contributed by atoms with Crippen LogP contribution in [0.2, 0.25) is 13.1 Å². The topological polar surface area (TPSA) is 12.9 Å². The summed E-state index contributed by atoms with van der Waals surface area (Å²) in [7, 11) is -1.80. The van der Waals surface area contributed by atoms with E-state index in [9.17, 15) is 0 Å². The van der Waals surface area contributed by atoms with Gasteiger partial charge in [-0.2, -0.15) is 0 Å². The maximum absolute atomic E-state index is 7.96. The van der Waals surface area contributed by atoms with Crippen LogP contribution in [0.5, 0.6) is 0 Å². The first-order chi connectivity index (χ1) is 16.9. The summed E-state index contributed by atoms with van der Waals surface area (Å²) < 4.78 is 49.5. The molecule has 0 saturated carbocycles. The van der Waals surface area contributed by atoms with Crippen molar-refractivity contribution in [2.24, 2.45) is 0 Å². The maximum Gasteiger partial charge on any atom is 0.113 e. The molecule has 0 fully saturated rings. The van der Waals surface area contributed by atoms with Crippen molar-refractivity contribution in [3.05, 3.63) is 78.0 Å². The smallest absolute Gasteiger partial charge is 0.113 e. The van der Waals surface area contributed by atoms with Crippen LogP contribution in [0.4, 0.5) is 0 Å². The fourth-order valence-electron chi connectivity index (χ4n) is 4.85. The third kappa shape index (κ3) is 2.30. The van der Waals surface area contributed by atoms with E-state index < -0.39 is 21.8 Å². The molecule has 0 bridgehead atoms. The van der Waals surface area contributed by atoms with Crippen LogP contribution in [0.25, 0.3) is 42.6 Å². The van der Waals surface area contributed by atoms with Crippen LogP contribution in [0.3, 0.4) is 0 Å². The Kier molecular flexibility index (Phi) is 2.62. The Labute approximate surface area is 190 Å². The van der Waals surface area contributed by atoms with E-state index in [0.29, 0.717) is 5.69 Å². The molecular weight excluding hydrogens is 398 g/mol. The van der Waals surface area contributed by atoms with Crippen LogP contribution in [0.1, 0.15) is 19.4 Å². The zero-order valence-corrected chi connectivity index (χ0v) is 18.5. The standard InChI is InChI=1S/C27H23NSSi/c1-16-14-22(28-15-17(16)2)20-10-7-9-18-19-12-13-24-25(27(19)29-26(18)20)21-8-5-6-11-23(21)30(24,3)4/h5-15H,1-4H3/i1D3,2D3. The summed E-state index contributed by atoms with van der Waals surface area (Å²) in [5, 5.41) is 5.16. The summed E-state index contributed by atoms with van der Waals surface area (Å²) in [5.74, 6) is 0. The molecule has 146 valence electrons. The number of hydrogen-bond acceptors (Lipinski definition) is 2. The van der Waals surface area contributed by atoms with Gasteiger partial charge in [-0.05, 0) is 52.4 Å². The monoisotopic (exact) mass is 427 g/mol. The first-order valence-electron chi connectivity index (χ1n) is 13.0. The molecule has 0 aliphatic carbocycles. The van der Waals surface area contributed by atoms with Gasteiger partial charge in [-0.15, -0.1) is 11.3 Å².